The smallest absolute Gasteiger partial charge is 0.244 e. The number of amides is 1. The second kappa shape index (κ2) is 5.78. The van der Waals surface area contributed by atoms with E-state index in [4.69, 9.17) is 16.3 Å². The first kappa shape index (κ1) is 14.0. The number of rotatable bonds is 4. The van der Waals surface area contributed by atoms with Crippen LogP contribution in [-0.2, 0) is 11.3 Å². The van der Waals surface area contributed by atoms with Crippen LogP contribution in [0.3, 0.4) is 0 Å². The molecule has 0 bridgehead atoms. The molecule has 0 N–H and O–H groups in total. The molecule has 2 aromatic rings. The Labute approximate surface area is 129 Å². The average Bonchev–Trinajstić information content (AvgIpc) is 2.55. The van der Waals surface area contributed by atoms with E-state index < -0.39 is 5.38 Å². The maximum atomic E-state index is 12.0. The summed E-state index contributed by atoms with van der Waals surface area (Å²) in [5.41, 5.74) is 2.14. The highest BCUT2D eigenvalue weighted by atomic mass is 35.5. The zero-order chi connectivity index (χ0) is 14.8. The number of alkyl halides is 1. The Kier molecular flexibility index (Phi) is 3.84. The first-order valence-corrected chi connectivity index (χ1v) is 7.27. The highest BCUT2D eigenvalue weighted by Crippen LogP contribution is 2.39. The van der Waals surface area contributed by atoms with Crippen molar-refractivity contribution in [3.63, 3.8) is 0 Å². The number of carbonyl (C=O) groups excluding carboxylic acids is 1. The van der Waals surface area contributed by atoms with Gasteiger partial charge in [0.05, 0.1) is 13.2 Å². The predicted molar refractivity (Wildman–Crippen MR) is 82.4 cm³/mol. The van der Waals surface area contributed by atoms with Gasteiger partial charge in [-0.25, -0.2) is 0 Å². The molecule has 1 fully saturated rings. The lowest BCUT2D eigenvalue weighted by Crippen LogP contribution is -2.55. The van der Waals surface area contributed by atoms with Crippen LogP contribution in [0.15, 0.2) is 54.6 Å². The minimum Gasteiger partial charge on any atom is -0.497 e. The first-order chi connectivity index (χ1) is 10.2. The van der Waals surface area contributed by atoms with Crippen molar-refractivity contribution in [1.82, 2.24) is 4.90 Å². The van der Waals surface area contributed by atoms with Gasteiger partial charge >= 0.3 is 0 Å². The molecular weight excluding hydrogens is 286 g/mol. The van der Waals surface area contributed by atoms with Gasteiger partial charge in [-0.1, -0.05) is 42.5 Å². The first-order valence-electron chi connectivity index (χ1n) is 6.83. The van der Waals surface area contributed by atoms with Gasteiger partial charge in [0.25, 0.3) is 0 Å². The number of ether oxygens (including phenoxy) is 1. The van der Waals surface area contributed by atoms with Crippen LogP contribution >= 0.6 is 11.6 Å². The van der Waals surface area contributed by atoms with Crippen LogP contribution in [0.1, 0.15) is 17.2 Å². The van der Waals surface area contributed by atoms with Crippen LogP contribution < -0.4 is 4.74 Å². The highest BCUT2D eigenvalue weighted by Gasteiger charge is 2.46. The van der Waals surface area contributed by atoms with E-state index >= 15 is 0 Å². The Morgan fingerprint density at radius 3 is 2.38 bits per heavy atom. The normalized spacial score (nSPS) is 21.0. The van der Waals surface area contributed by atoms with Crippen molar-refractivity contribution >= 4 is 17.5 Å². The van der Waals surface area contributed by atoms with Crippen molar-refractivity contribution in [2.45, 2.75) is 18.0 Å². The number of likely N-dealkylation sites (tertiary alicyclic amines) is 1. The Morgan fingerprint density at radius 1 is 1.10 bits per heavy atom. The van der Waals surface area contributed by atoms with Crippen molar-refractivity contribution in [2.75, 3.05) is 7.11 Å². The third kappa shape index (κ3) is 2.61. The SMILES string of the molecule is COc1ccc(CN2C(=O)[C@@H](Cl)[C@@H]2c2ccccc2)cc1. The van der Waals surface area contributed by atoms with Gasteiger partial charge in [0.15, 0.2) is 0 Å². The molecule has 0 saturated carbocycles. The monoisotopic (exact) mass is 301 g/mol. The van der Waals surface area contributed by atoms with Crippen LogP contribution in [0, 0.1) is 0 Å². The van der Waals surface area contributed by atoms with Gasteiger partial charge in [-0.15, -0.1) is 11.6 Å². The molecule has 3 rings (SSSR count). The molecule has 0 unspecified atom stereocenters. The molecule has 1 heterocycles. The minimum atomic E-state index is -0.467. The predicted octanol–water partition coefficient (Wildman–Crippen LogP) is 3.39. The summed E-state index contributed by atoms with van der Waals surface area (Å²) in [6.45, 7) is 0.561. The fraction of sp³-hybridized carbons (Fsp3) is 0.235. The minimum absolute atomic E-state index is 0.0127. The molecule has 1 aliphatic heterocycles. The van der Waals surface area contributed by atoms with Gasteiger partial charge in [-0.05, 0) is 23.3 Å². The van der Waals surface area contributed by atoms with E-state index in [1.54, 1.807) is 7.11 Å². The topological polar surface area (TPSA) is 29.5 Å². The zero-order valence-electron chi connectivity index (χ0n) is 11.7. The van der Waals surface area contributed by atoms with E-state index in [2.05, 4.69) is 0 Å². The maximum Gasteiger partial charge on any atom is 0.244 e. The summed E-state index contributed by atoms with van der Waals surface area (Å²) >= 11 is 6.20. The lowest BCUT2D eigenvalue weighted by molar-refractivity contribution is -0.146. The van der Waals surface area contributed by atoms with E-state index in [1.165, 1.54) is 0 Å². The largest absolute Gasteiger partial charge is 0.497 e. The van der Waals surface area contributed by atoms with Gasteiger partial charge in [0, 0.05) is 6.54 Å². The molecule has 1 aliphatic rings. The third-order valence-electron chi connectivity index (χ3n) is 3.79. The summed E-state index contributed by atoms with van der Waals surface area (Å²) in [5.74, 6) is 0.796. The number of halogens is 1. The number of nitrogens with zero attached hydrogens (tertiary/aromatic N) is 1. The lowest BCUT2D eigenvalue weighted by atomic mass is 9.92. The molecular formula is C17H16ClNO2. The summed E-state index contributed by atoms with van der Waals surface area (Å²) in [7, 11) is 1.64. The summed E-state index contributed by atoms with van der Waals surface area (Å²) in [4.78, 5) is 13.9. The van der Waals surface area contributed by atoms with Crippen molar-refractivity contribution < 1.29 is 9.53 Å². The van der Waals surface area contributed by atoms with E-state index in [-0.39, 0.29) is 11.9 Å². The number of hydrogen-bond donors (Lipinski definition) is 0. The summed E-state index contributed by atoms with van der Waals surface area (Å²) in [6, 6.07) is 17.6. The quantitative estimate of drug-likeness (QED) is 0.640. The number of carbonyl (C=O) groups is 1. The zero-order valence-corrected chi connectivity index (χ0v) is 12.5. The van der Waals surface area contributed by atoms with Gasteiger partial charge in [-0.3, -0.25) is 4.79 Å². The number of benzene rings is 2. The molecule has 0 aliphatic carbocycles. The molecule has 0 radical (unpaired) electrons. The third-order valence-corrected chi connectivity index (χ3v) is 4.21. The standard InChI is InChI=1S/C17H16ClNO2/c1-21-14-9-7-12(8-10-14)11-19-16(15(18)17(19)20)13-5-3-2-4-6-13/h2-10,15-16H,11H2,1H3/t15-,16-/m0/s1. The molecule has 2 atom stereocenters. The molecule has 4 heteroatoms. The highest BCUT2D eigenvalue weighted by molar-refractivity contribution is 6.33. The Morgan fingerprint density at radius 2 is 1.76 bits per heavy atom. The molecule has 1 saturated heterocycles. The second-order valence-corrected chi connectivity index (χ2v) is 5.54. The van der Waals surface area contributed by atoms with Gasteiger partial charge in [0.2, 0.25) is 5.91 Å². The summed E-state index contributed by atoms with van der Waals surface area (Å²) in [5, 5.41) is -0.467. The van der Waals surface area contributed by atoms with Crippen molar-refractivity contribution in [1.29, 1.82) is 0 Å². The number of β-lactam (4-membered cyclic amide) rings is 1. The summed E-state index contributed by atoms with van der Waals surface area (Å²) < 4.78 is 5.14. The van der Waals surface area contributed by atoms with Crippen molar-refractivity contribution in [3.8, 4) is 5.75 Å². The Hall–Kier alpha value is -2.00. The van der Waals surface area contributed by atoms with E-state index in [9.17, 15) is 4.79 Å². The van der Waals surface area contributed by atoms with Gasteiger partial charge in [-0.2, -0.15) is 0 Å². The van der Waals surface area contributed by atoms with Gasteiger partial charge in [0.1, 0.15) is 11.1 Å². The molecule has 21 heavy (non-hydrogen) atoms. The molecule has 1 amide bonds. The lowest BCUT2D eigenvalue weighted by Gasteiger charge is -2.44. The molecule has 108 valence electrons. The molecule has 3 nitrogen and oxygen atoms in total. The van der Waals surface area contributed by atoms with E-state index in [1.807, 2.05) is 59.5 Å². The van der Waals surface area contributed by atoms with Crippen molar-refractivity contribution in [3.05, 3.63) is 65.7 Å². The maximum absolute atomic E-state index is 12.0. The average molecular weight is 302 g/mol. The Balaban J connectivity index is 1.78. The van der Waals surface area contributed by atoms with Crippen LogP contribution in [0.2, 0.25) is 0 Å². The number of methoxy groups -OCH3 is 1. The summed E-state index contributed by atoms with van der Waals surface area (Å²) in [6.07, 6.45) is 0. The van der Waals surface area contributed by atoms with Crippen LogP contribution in [0.5, 0.6) is 5.75 Å². The fourth-order valence-corrected chi connectivity index (χ4v) is 3.02. The van der Waals surface area contributed by atoms with Crippen LogP contribution in [-0.4, -0.2) is 23.3 Å². The molecule has 2 aromatic carbocycles. The van der Waals surface area contributed by atoms with Crippen molar-refractivity contribution in [2.24, 2.45) is 0 Å². The Bertz CT molecular complexity index is 627. The molecule has 0 spiro atoms. The van der Waals surface area contributed by atoms with Gasteiger partial charge < -0.3 is 9.64 Å². The molecule has 0 aromatic heterocycles. The van der Waals surface area contributed by atoms with E-state index in [0.717, 1.165) is 16.9 Å². The van der Waals surface area contributed by atoms with E-state index in [0.29, 0.717) is 6.54 Å². The second-order valence-electron chi connectivity index (χ2n) is 5.07. The fourth-order valence-electron chi connectivity index (χ4n) is 2.61. The number of hydrogen-bond acceptors (Lipinski definition) is 2. The van der Waals surface area contributed by atoms with Crippen LogP contribution in [0.25, 0.3) is 0 Å². The van der Waals surface area contributed by atoms with Crippen LogP contribution in [0.4, 0.5) is 0 Å².